The van der Waals surface area contributed by atoms with E-state index in [1.807, 2.05) is 6.07 Å². The van der Waals surface area contributed by atoms with Gasteiger partial charge in [0, 0.05) is 18.6 Å². The van der Waals surface area contributed by atoms with Crippen molar-refractivity contribution in [2.45, 2.75) is 38.8 Å². The Kier molecular flexibility index (Phi) is 6.21. The summed E-state index contributed by atoms with van der Waals surface area (Å²) in [7, 11) is 0. The molecule has 1 aliphatic carbocycles. The minimum atomic E-state index is 0.115. The van der Waals surface area contributed by atoms with Gasteiger partial charge in [-0.05, 0) is 31.5 Å². The van der Waals surface area contributed by atoms with Crippen LogP contribution in [0.4, 0.5) is 0 Å². The van der Waals surface area contributed by atoms with Crippen LogP contribution in [0.25, 0.3) is 0 Å². The average molecular weight is 289 g/mol. The van der Waals surface area contributed by atoms with Crippen LogP contribution >= 0.6 is 0 Å². The van der Waals surface area contributed by atoms with Crippen LogP contribution in [0.2, 0.25) is 0 Å². The van der Waals surface area contributed by atoms with Gasteiger partial charge in [-0.3, -0.25) is 9.69 Å². The molecule has 1 aromatic carbocycles. The Morgan fingerprint density at radius 1 is 1.24 bits per heavy atom. The van der Waals surface area contributed by atoms with Gasteiger partial charge in [-0.2, -0.15) is 0 Å². The van der Waals surface area contributed by atoms with Crippen LogP contribution in [0, 0.1) is 0 Å². The molecule has 1 saturated carbocycles. The molecule has 1 aliphatic rings. The largest absolute Gasteiger partial charge is 0.352 e. The van der Waals surface area contributed by atoms with Crippen molar-refractivity contribution in [1.29, 1.82) is 0 Å². The lowest BCUT2D eigenvalue weighted by molar-refractivity contribution is -0.120. The molecular formula is C17H27N3O. The Morgan fingerprint density at radius 3 is 2.48 bits per heavy atom. The van der Waals surface area contributed by atoms with Crippen molar-refractivity contribution in [3.05, 3.63) is 35.9 Å². The molecule has 1 aromatic rings. The molecular weight excluding hydrogens is 262 g/mol. The minimum absolute atomic E-state index is 0.115. The van der Waals surface area contributed by atoms with Crippen LogP contribution in [0.15, 0.2) is 30.3 Å². The van der Waals surface area contributed by atoms with E-state index in [2.05, 4.69) is 53.6 Å². The number of nitrogens with zero attached hydrogens (tertiary/aromatic N) is 1. The van der Waals surface area contributed by atoms with Crippen LogP contribution in [0.3, 0.4) is 0 Å². The molecule has 2 N–H and O–H groups in total. The normalized spacial score (nSPS) is 16.0. The van der Waals surface area contributed by atoms with Gasteiger partial charge in [0.15, 0.2) is 0 Å². The zero-order valence-electron chi connectivity index (χ0n) is 13.1. The van der Waals surface area contributed by atoms with E-state index in [1.165, 1.54) is 5.56 Å². The summed E-state index contributed by atoms with van der Waals surface area (Å²) >= 11 is 0. The van der Waals surface area contributed by atoms with E-state index in [9.17, 15) is 4.79 Å². The van der Waals surface area contributed by atoms with E-state index in [0.29, 0.717) is 18.6 Å². The number of carbonyl (C=O) groups excluding carboxylic acids is 1. The molecule has 0 aromatic heterocycles. The highest BCUT2D eigenvalue weighted by Gasteiger charge is 2.23. The van der Waals surface area contributed by atoms with E-state index in [-0.39, 0.29) is 5.91 Å². The van der Waals surface area contributed by atoms with Crippen LogP contribution in [0.1, 0.15) is 38.3 Å². The van der Waals surface area contributed by atoms with Crippen molar-refractivity contribution in [3.63, 3.8) is 0 Å². The zero-order valence-corrected chi connectivity index (χ0v) is 13.1. The highest BCUT2D eigenvalue weighted by Crippen LogP contribution is 2.20. The maximum absolute atomic E-state index is 11.7. The number of hydrogen-bond donors (Lipinski definition) is 2. The summed E-state index contributed by atoms with van der Waals surface area (Å²) in [5.41, 5.74) is 1.30. The lowest BCUT2D eigenvalue weighted by Gasteiger charge is -2.30. The lowest BCUT2D eigenvalue weighted by Crippen LogP contribution is -2.40. The third-order valence-electron chi connectivity index (χ3n) is 4.00. The van der Waals surface area contributed by atoms with Crippen LogP contribution < -0.4 is 10.6 Å². The Balaban J connectivity index is 1.87. The van der Waals surface area contributed by atoms with Gasteiger partial charge in [-0.1, -0.05) is 44.2 Å². The molecule has 1 amide bonds. The first-order chi connectivity index (χ1) is 10.2. The van der Waals surface area contributed by atoms with Crippen molar-refractivity contribution in [2.24, 2.45) is 0 Å². The second-order valence-electron chi connectivity index (χ2n) is 5.62. The lowest BCUT2D eigenvalue weighted by atomic mass is 10.1. The number of amides is 1. The van der Waals surface area contributed by atoms with Crippen molar-refractivity contribution < 1.29 is 4.79 Å². The van der Waals surface area contributed by atoms with Crippen LogP contribution in [-0.4, -0.2) is 43.0 Å². The fraction of sp³-hybridized carbons (Fsp3) is 0.588. The van der Waals surface area contributed by atoms with Gasteiger partial charge >= 0.3 is 0 Å². The van der Waals surface area contributed by atoms with Crippen molar-refractivity contribution in [1.82, 2.24) is 15.5 Å². The molecule has 21 heavy (non-hydrogen) atoms. The first-order valence-electron chi connectivity index (χ1n) is 8.03. The zero-order chi connectivity index (χ0) is 15.1. The third-order valence-corrected chi connectivity index (χ3v) is 4.00. The van der Waals surface area contributed by atoms with Gasteiger partial charge in [-0.15, -0.1) is 0 Å². The van der Waals surface area contributed by atoms with E-state index in [4.69, 9.17) is 0 Å². The topological polar surface area (TPSA) is 44.4 Å². The smallest absolute Gasteiger partial charge is 0.234 e. The van der Waals surface area contributed by atoms with Gasteiger partial charge in [0.1, 0.15) is 0 Å². The summed E-state index contributed by atoms with van der Waals surface area (Å²) in [6.45, 7) is 7.57. The Bertz CT molecular complexity index is 427. The highest BCUT2D eigenvalue weighted by molar-refractivity contribution is 5.78. The summed E-state index contributed by atoms with van der Waals surface area (Å²) in [6.07, 6.45) is 2.27. The maximum atomic E-state index is 11.7. The number of nitrogens with one attached hydrogen (secondary N) is 2. The average Bonchev–Trinajstić information content (AvgIpc) is 3.31. The van der Waals surface area contributed by atoms with Gasteiger partial charge in [-0.25, -0.2) is 0 Å². The molecule has 0 spiro atoms. The fourth-order valence-electron chi connectivity index (χ4n) is 2.63. The molecule has 0 aliphatic heterocycles. The molecule has 1 unspecified atom stereocenters. The Morgan fingerprint density at radius 2 is 1.90 bits per heavy atom. The number of hydrogen-bond acceptors (Lipinski definition) is 3. The highest BCUT2D eigenvalue weighted by atomic mass is 16.2. The standard InChI is InChI=1S/C17H27N3O/c1-3-20(4-2)16(14-8-6-5-7-9-14)12-18-13-17(21)19-15-10-11-15/h5-9,15-16,18H,3-4,10-13H2,1-2H3,(H,19,21). The number of likely N-dealkylation sites (N-methyl/N-ethyl adjacent to an activating group) is 1. The SMILES string of the molecule is CCN(CC)C(CNCC(=O)NC1CC1)c1ccccc1. The monoisotopic (exact) mass is 289 g/mol. The van der Waals surface area contributed by atoms with Crippen LogP contribution in [-0.2, 0) is 4.79 Å². The Hall–Kier alpha value is -1.39. The minimum Gasteiger partial charge on any atom is -0.352 e. The van der Waals surface area contributed by atoms with Gasteiger partial charge in [0.25, 0.3) is 0 Å². The maximum Gasteiger partial charge on any atom is 0.234 e. The predicted molar refractivity (Wildman–Crippen MR) is 86.1 cm³/mol. The molecule has 0 heterocycles. The molecule has 4 heteroatoms. The van der Waals surface area contributed by atoms with Crippen molar-refractivity contribution >= 4 is 5.91 Å². The number of rotatable bonds is 9. The molecule has 0 bridgehead atoms. The fourth-order valence-corrected chi connectivity index (χ4v) is 2.63. The summed E-state index contributed by atoms with van der Waals surface area (Å²) in [5.74, 6) is 0.115. The molecule has 116 valence electrons. The number of benzene rings is 1. The molecule has 2 rings (SSSR count). The predicted octanol–water partition coefficient (Wildman–Crippen LogP) is 1.94. The quantitative estimate of drug-likeness (QED) is 0.730. The van der Waals surface area contributed by atoms with Gasteiger partial charge in [0.05, 0.1) is 6.54 Å². The second kappa shape index (κ2) is 8.15. The summed E-state index contributed by atoms with van der Waals surface area (Å²) in [5, 5.41) is 6.32. The van der Waals surface area contributed by atoms with E-state index in [0.717, 1.165) is 32.5 Å². The Labute approximate surface area is 127 Å². The van der Waals surface area contributed by atoms with E-state index >= 15 is 0 Å². The van der Waals surface area contributed by atoms with Crippen molar-refractivity contribution in [2.75, 3.05) is 26.2 Å². The second-order valence-corrected chi connectivity index (χ2v) is 5.62. The molecule has 1 atom stereocenters. The van der Waals surface area contributed by atoms with Crippen LogP contribution in [0.5, 0.6) is 0 Å². The first-order valence-corrected chi connectivity index (χ1v) is 8.03. The van der Waals surface area contributed by atoms with Crippen molar-refractivity contribution in [3.8, 4) is 0 Å². The summed E-state index contributed by atoms with van der Waals surface area (Å²) in [6, 6.07) is 11.3. The van der Waals surface area contributed by atoms with E-state index < -0.39 is 0 Å². The van der Waals surface area contributed by atoms with Gasteiger partial charge < -0.3 is 10.6 Å². The summed E-state index contributed by atoms with van der Waals surface area (Å²) < 4.78 is 0. The molecule has 0 saturated heterocycles. The first kappa shape index (κ1) is 16.0. The summed E-state index contributed by atoms with van der Waals surface area (Å²) in [4.78, 5) is 14.2. The molecule has 1 fully saturated rings. The van der Waals surface area contributed by atoms with E-state index in [1.54, 1.807) is 0 Å². The molecule has 4 nitrogen and oxygen atoms in total. The third kappa shape index (κ3) is 5.14. The van der Waals surface area contributed by atoms with Gasteiger partial charge in [0.2, 0.25) is 5.91 Å². The molecule has 0 radical (unpaired) electrons. The number of carbonyl (C=O) groups is 1.